The number of hydrogen-bond acceptors (Lipinski definition) is 4. The van der Waals surface area contributed by atoms with Crippen LogP contribution in [0.15, 0.2) is 72.8 Å². The minimum atomic E-state index is -3.80. The number of amides is 1. The van der Waals surface area contributed by atoms with Crippen LogP contribution in [-0.2, 0) is 14.6 Å². The Labute approximate surface area is 172 Å². The van der Waals surface area contributed by atoms with E-state index >= 15 is 0 Å². The highest BCUT2D eigenvalue weighted by Gasteiger charge is 2.45. The summed E-state index contributed by atoms with van der Waals surface area (Å²) in [6, 6.07) is 18.5. The maximum Gasteiger partial charge on any atom is 0.243 e. The number of nitrogens with zero attached hydrogens (tertiary/aromatic N) is 1. The molecule has 0 aromatic heterocycles. The lowest BCUT2D eigenvalue weighted by Crippen LogP contribution is -2.29. The molecule has 148 valence electrons. The fourth-order valence-electron chi connectivity index (χ4n) is 3.22. The molecule has 1 amide bonds. The zero-order valence-electron chi connectivity index (χ0n) is 15.0. The van der Waals surface area contributed by atoms with Gasteiger partial charge in [0.15, 0.2) is 15.2 Å². The smallest absolute Gasteiger partial charge is 0.243 e. The third-order valence-corrected chi connectivity index (χ3v) is 6.53. The minimum Gasteiger partial charge on any atom is -0.457 e. The number of hydrogen-bond donors (Lipinski definition) is 0. The number of carbonyl (C=O) groups is 1. The van der Waals surface area contributed by atoms with Gasteiger partial charge in [-0.05, 0) is 66.2 Å². The fraction of sp³-hybridized carbons (Fsp3) is 0.0952. The van der Waals surface area contributed by atoms with Gasteiger partial charge in [-0.3, -0.25) is 9.69 Å². The van der Waals surface area contributed by atoms with Crippen LogP contribution in [-0.4, -0.2) is 20.1 Å². The van der Waals surface area contributed by atoms with E-state index in [1.807, 2.05) is 0 Å². The Bertz CT molecular complexity index is 1160. The molecule has 3 aromatic carbocycles. The van der Waals surface area contributed by atoms with Gasteiger partial charge in [-0.2, -0.15) is 0 Å². The van der Waals surface area contributed by atoms with Crippen LogP contribution in [0.25, 0.3) is 0 Å². The van der Waals surface area contributed by atoms with E-state index in [2.05, 4.69) is 0 Å². The molecule has 0 aliphatic carbocycles. The lowest BCUT2D eigenvalue weighted by molar-refractivity contribution is -0.115. The van der Waals surface area contributed by atoms with Gasteiger partial charge in [-0.25, -0.2) is 12.8 Å². The number of anilines is 1. The van der Waals surface area contributed by atoms with Gasteiger partial charge in [0.2, 0.25) is 5.91 Å². The molecule has 29 heavy (non-hydrogen) atoms. The lowest BCUT2D eigenvalue weighted by Gasteiger charge is -2.24. The SMILES string of the molecule is O=C1CS(=O)(=O)C(c2cccc(F)c2)N1c1ccc(Oc2ccc(Cl)cc2)cc1. The summed E-state index contributed by atoms with van der Waals surface area (Å²) in [5.41, 5.74) is 0.589. The molecule has 5 nitrogen and oxygen atoms in total. The highest BCUT2D eigenvalue weighted by molar-refractivity contribution is 7.93. The average molecular weight is 432 g/mol. The number of sulfone groups is 1. The van der Waals surface area contributed by atoms with Crippen LogP contribution in [0.2, 0.25) is 5.02 Å². The monoisotopic (exact) mass is 431 g/mol. The van der Waals surface area contributed by atoms with Gasteiger partial charge >= 0.3 is 0 Å². The summed E-state index contributed by atoms with van der Waals surface area (Å²) in [7, 11) is -3.80. The molecule has 1 heterocycles. The summed E-state index contributed by atoms with van der Waals surface area (Å²) < 4.78 is 44.5. The number of benzene rings is 3. The Kier molecular flexibility index (Phi) is 5.02. The molecule has 0 N–H and O–H groups in total. The molecule has 1 atom stereocenters. The van der Waals surface area contributed by atoms with Crippen molar-refractivity contribution < 1.29 is 22.3 Å². The van der Waals surface area contributed by atoms with Crippen LogP contribution >= 0.6 is 11.6 Å². The lowest BCUT2D eigenvalue weighted by atomic mass is 10.2. The first-order chi connectivity index (χ1) is 13.8. The Morgan fingerprint density at radius 1 is 0.966 bits per heavy atom. The molecule has 4 rings (SSSR count). The quantitative estimate of drug-likeness (QED) is 0.599. The molecular formula is C21H15ClFNO4S. The predicted octanol–water partition coefficient (Wildman–Crippen LogP) is 4.73. The number of ether oxygens (including phenoxy) is 1. The van der Waals surface area contributed by atoms with Crippen LogP contribution in [0.1, 0.15) is 10.9 Å². The van der Waals surface area contributed by atoms with E-state index in [1.54, 1.807) is 48.5 Å². The van der Waals surface area contributed by atoms with Gasteiger partial charge in [-0.1, -0.05) is 23.7 Å². The molecule has 3 aromatic rings. The Hall–Kier alpha value is -2.90. The van der Waals surface area contributed by atoms with E-state index < -0.39 is 32.7 Å². The van der Waals surface area contributed by atoms with Crippen molar-refractivity contribution in [3.05, 3.63) is 89.2 Å². The van der Waals surface area contributed by atoms with E-state index in [9.17, 15) is 17.6 Å². The van der Waals surface area contributed by atoms with Crippen molar-refractivity contribution in [2.24, 2.45) is 0 Å². The summed E-state index contributed by atoms with van der Waals surface area (Å²) in [6.45, 7) is 0. The van der Waals surface area contributed by atoms with Crippen molar-refractivity contribution in [3.63, 3.8) is 0 Å². The summed E-state index contributed by atoms with van der Waals surface area (Å²) in [6.07, 6.45) is 0. The summed E-state index contributed by atoms with van der Waals surface area (Å²) in [4.78, 5) is 13.7. The first-order valence-corrected chi connectivity index (χ1v) is 10.8. The second-order valence-electron chi connectivity index (χ2n) is 6.53. The van der Waals surface area contributed by atoms with Gasteiger partial charge in [0.05, 0.1) is 0 Å². The third-order valence-electron chi connectivity index (χ3n) is 4.47. The second kappa shape index (κ2) is 7.50. The molecule has 1 aliphatic rings. The van der Waals surface area contributed by atoms with Gasteiger partial charge < -0.3 is 4.74 Å². The Balaban J connectivity index is 1.65. The van der Waals surface area contributed by atoms with Crippen molar-refractivity contribution in [2.45, 2.75) is 5.37 Å². The standard InChI is InChI=1S/C21H15ClFNO4S/c22-15-4-8-18(9-5-15)28-19-10-6-17(7-11-19)24-20(25)13-29(26,27)21(24)14-2-1-3-16(23)12-14/h1-12,21H,13H2. The van der Waals surface area contributed by atoms with Crippen molar-refractivity contribution in [3.8, 4) is 11.5 Å². The molecule has 1 fully saturated rings. The Morgan fingerprint density at radius 2 is 1.59 bits per heavy atom. The summed E-state index contributed by atoms with van der Waals surface area (Å²) >= 11 is 5.85. The van der Waals surface area contributed by atoms with Crippen molar-refractivity contribution in [2.75, 3.05) is 10.7 Å². The van der Waals surface area contributed by atoms with E-state index in [-0.39, 0.29) is 5.56 Å². The molecular weight excluding hydrogens is 417 g/mol. The molecule has 1 aliphatic heterocycles. The first-order valence-electron chi connectivity index (χ1n) is 8.66. The average Bonchev–Trinajstić information content (AvgIpc) is 2.92. The van der Waals surface area contributed by atoms with Crippen LogP contribution in [0.5, 0.6) is 11.5 Å². The largest absolute Gasteiger partial charge is 0.457 e. The van der Waals surface area contributed by atoms with Crippen molar-refractivity contribution in [1.29, 1.82) is 0 Å². The van der Waals surface area contributed by atoms with Crippen LogP contribution < -0.4 is 9.64 Å². The minimum absolute atomic E-state index is 0.206. The molecule has 0 bridgehead atoms. The fourth-order valence-corrected chi connectivity index (χ4v) is 5.11. The second-order valence-corrected chi connectivity index (χ2v) is 9.03. The van der Waals surface area contributed by atoms with Gasteiger partial charge in [0.1, 0.15) is 23.1 Å². The van der Waals surface area contributed by atoms with Gasteiger partial charge in [-0.15, -0.1) is 0 Å². The highest BCUT2D eigenvalue weighted by atomic mass is 35.5. The molecule has 0 radical (unpaired) electrons. The highest BCUT2D eigenvalue weighted by Crippen LogP contribution is 2.38. The molecule has 1 unspecified atom stereocenters. The van der Waals surface area contributed by atoms with E-state index in [0.29, 0.717) is 22.2 Å². The zero-order valence-corrected chi connectivity index (χ0v) is 16.5. The maximum absolute atomic E-state index is 13.7. The van der Waals surface area contributed by atoms with Gasteiger partial charge in [0, 0.05) is 10.7 Å². The van der Waals surface area contributed by atoms with Crippen molar-refractivity contribution >= 4 is 33.0 Å². The van der Waals surface area contributed by atoms with Crippen LogP contribution in [0, 0.1) is 5.82 Å². The van der Waals surface area contributed by atoms with E-state index in [4.69, 9.17) is 16.3 Å². The molecule has 0 saturated carbocycles. The topological polar surface area (TPSA) is 63.7 Å². The first kappa shape index (κ1) is 19.4. The van der Waals surface area contributed by atoms with E-state index in [0.717, 1.165) is 6.07 Å². The van der Waals surface area contributed by atoms with Gasteiger partial charge in [0.25, 0.3) is 0 Å². The summed E-state index contributed by atoms with van der Waals surface area (Å²) in [5, 5.41) is -0.682. The van der Waals surface area contributed by atoms with Crippen LogP contribution in [0.4, 0.5) is 10.1 Å². The summed E-state index contributed by atoms with van der Waals surface area (Å²) in [5.74, 6) is -0.668. The number of rotatable bonds is 4. The molecule has 8 heteroatoms. The zero-order chi connectivity index (χ0) is 20.6. The predicted molar refractivity (Wildman–Crippen MR) is 108 cm³/mol. The normalized spacial score (nSPS) is 18.1. The Morgan fingerprint density at radius 3 is 2.21 bits per heavy atom. The maximum atomic E-state index is 13.7. The van der Waals surface area contributed by atoms with E-state index in [1.165, 1.54) is 23.1 Å². The van der Waals surface area contributed by atoms with Crippen LogP contribution in [0.3, 0.4) is 0 Å². The number of carbonyl (C=O) groups excluding carboxylic acids is 1. The number of halogens is 2. The third kappa shape index (κ3) is 3.97. The molecule has 0 spiro atoms. The van der Waals surface area contributed by atoms with Crippen molar-refractivity contribution in [1.82, 2.24) is 0 Å². The molecule has 1 saturated heterocycles.